The molecule has 1 N–H and O–H groups in total. The van der Waals surface area contributed by atoms with Crippen molar-refractivity contribution in [3.8, 4) is 0 Å². The summed E-state index contributed by atoms with van der Waals surface area (Å²) in [4.78, 5) is 15.1. The number of amides is 1. The van der Waals surface area contributed by atoms with Crippen LogP contribution >= 0.6 is 0 Å². The average molecular weight is 292 g/mol. The Bertz CT molecular complexity index is 657. The summed E-state index contributed by atoms with van der Waals surface area (Å²) in [6, 6.07) is 16.5. The van der Waals surface area contributed by atoms with E-state index in [2.05, 4.69) is 41.7 Å². The average Bonchev–Trinajstić information content (AvgIpc) is 3.04. The van der Waals surface area contributed by atoms with Crippen LogP contribution in [-0.4, -0.2) is 18.5 Å². The molecule has 1 fully saturated rings. The number of carbonyl (C=O) groups is 1. The first-order valence-corrected chi connectivity index (χ1v) is 8.08. The molecule has 1 saturated heterocycles. The van der Waals surface area contributed by atoms with Crippen molar-refractivity contribution in [1.29, 1.82) is 0 Å². The van der Waals surface area contributed by atoms with Crippen LogP contribution in [0.2, 0.25) is 0 Å². The minimum Gasteiger partial charge on any atom is -0.306 e. The van der Waals surface area contributed by atoms with E-state index in [0.717, 1.165) is 43.6 Å². The van der Waals surface area contributed by atoms with Gasteiger partial charge in [-0.05, 0) is 55.5 Å². The number of carbonyl (C=O) groups excluding carboxylic acids is 1. The number of rotatable bonds is 1. The highest BCUT2D eigenvalue weighted by Gasteiger charge is 2.32. The quantitative estimate of drug-likeness (QED) is 0.875. The van der Waals surface area contributed by atoms with Gasteiger partial charge < -0.3 is 5.32 Å². The molecule has 112 valence electrons. The maximum atomic E-state index is 13.1. The SMILES string of the molecule is O=C([C@@H]1CCCN1)N1c2ccccc2CCc2ccccc21. The summed E-state index contributed by atoms with van der Waals surface area (Å²) in [6.45, 7) is 0.938. The molecule has 2 aromatic rings. The molecule has 1 atom stereocenters. The third kappa shape index (κ3) is 2.22. The fraction of sp³-hybridized carbons (Fsp3) is 0.316. The van der Waals surface area contributed by atoms with Crippen LogP contribution in [-0.2, 0) is 17.6 Å². The van der Waals surface area contributed by atoms with Gasteiger partial charge in [0, 0.05) is 0 Å². The van der Waals surface area contributed by atoms with Crippen LogP contribution in [0.3, 0.4) is 0 Å². The Kier molecular flexibility index (Phi) is 3.43. The van der Waals surface area contributed by atoms with Gasteiger partial charge in [0.2, 0.25) is 5.91 Å². The number of hydrogen-bond donors (Lipinski definition) is 1. The molecule has 0 unspecified atom stereocenters. The highest BCUT2D eigenvalue weighted by Crippen LogP contribution is 2.36. The molecule has 2 aliphatic rings. The lowest BCUT2D eigenvalue weighted by atomic mass is 10.0. The maximum Gasteiger partial charge on any atom is 0.248 e. The van der Waals surface area contributed by atoms with E-state index in [1.165, 1.54) is 11.1 Å². The van der Waals surface area contributed by atoms with E-state index in [1.807, 2.05) is 17.0 Å². The minimum absolute atomic E-state index is 0.0563. The Hall–Kier alpha value is -2.13. The van der Waals surface area contributed by atoms with Crippen LogP contribution in [0, 0.1) is 0 Å². The number of anilines is 2. The Morgan fingerprint density at radius 3 is 2.09 bits per heavy atom. The third-order valence-corrected chi connectivity index (χ3v) is 4.71. The Labute approximate surface area is 131 Å². The van der Waals surface area contributed by atoms with Gasteiger partial charge in [0.25, 0.3) is 0 Å². The van der Waals surface area contributed by atoms with Gasteiger partial charge in [-0.1, -0.05) is 36.4 Å². The summed E-state index contributed by atoms with van der Waals surface area (Å²) in [7, 11) is 0. The molecule has 0 radical (unpaired) electrons. The number of benzene rings is 2. The zero-order chi connectivity index (χ0) is 14.9. The van der Waals surface area contributed by atoms with Gasteiger partial charge in [0.1, 0.15) is 0 Å². The zero-order valence-electron chi connectivity index (χ0n) is 12.6. The highest BCUT2D eigenvalue weighted by atomic mass is 16.2. The molecule has 2 aromatic carbocycles. The molecule has 3 heteroatoms. The summed E-state index contributed by atoms with van der Waals surface area (Å²) in [5.41, 5.74) is 4.60. The summed E-state index contributed by atoms with van der Waals surface area (Å²) in [5, 5.41) is 3.34. The van der Waals surface area contributed by atoms with Crippen molar-refractivity contribution in [3.63, 3.8) is 0 Å². The number of aryl methyl sites for hydroxylation is 2. The number of para-hydroxylation sites is 2. The zero-order valence-corrected chi connectivity index (χ0v) is 12.6. The van der Waals surface area contributed by atoms with Crippen molar-refractivity contribution >= 4 is 17.3 Å². The first kappa shape index (κ1) is 13.5. The molecule has 0 aromatic heterocycles. The Balaban J connectivity index is 1.85. The minimum atomic E-state index is -0.0563. The van der Waals surface area contributed by atoms with Gasteiger partial charge in [0.05, 0.1) is 17.4 Å². The largest absolute Gasteiger partial charge is 0.306 e. The lowest BCUT2D eigenvalue weighted by Gasteiger charge is -2.27. The fourth-order valence-electron chi connectivity index (χ4n) is 3.57. The summed E-state index contributed by atoms with van der Waals surface area (Å²) in [6.07, 6.45) is 3.97. The summed E-state index contributed by atoms with van der Waals surface area (Å²) in [5.74, 6) is 0.180. The molecule has 22 heavy (non-hydrogen) atoms. The van der Waals surface area contributed by atoms with Gasteiger partial charge >= 0.3 is 0 Å². The van der Waals surface area contributed by atoms with Crippen molar-refractivity contribution in [2.75, 3.05) is 11.4 Å². The molecular formula is C19H20N2O. The monoisotopic (exact) mass is 292 g/mol. The van der Waals surface area contributed by atoms with Crippen LogP contribution in [0.5, 0.6) is 0 Å². The third-order valence-electron chi connectivity index (χ3n) is 4.71. The molecule has 2 heterocycles. The van der Waals surface area contributed by atoms with E-state index in [4.69, 9.17) is 0 Å². The van der Waals surface area contributed by atoms with Crippen LogP contribution in [0.25, 0.3) is 0 Å². The Morgan fingerprint density at radius 1 is 0.955 bits per heavy atom. The van der Waals surface area contributed by atoms with Gasteiger partial charge in [-0.3, -0.25) is 9.69 Å². The van der Waals surface area contributed by atoms with Crippen molar-refractivity contribution in [1.82, 2.24) is 5.32 Å². The summed E-state index contributed by atoms with van der Waals surface area (Å²) < 4.78 is 0. The Morgan fingerprint density at radius 2 is 1.55 bits per heavy atom. The van der Waals surface area contributed by atoms with Crippen molar-refractivity contribution < 1.29 is 4.79 Å². The smallest absolute Gasteiger partial charge is 0.248 e. The van der Waals surface area contributed by atoms with Gasteiger partial charge in [-0.15, -0.1) is 0 Å². The second-order valence-corrected chi connectivity index (χ2v) is 6.08. The van der Waals surface area contributed by atoms with Gasteiger partial charge in [-0.25, -0.2) is 0 Å². The van der Waals surface area contributed by atoms with Crippen LogP contribution in [0.4, 0.5) is 11.4 Å². The maximum absolute atomic E-state index is 13.1. The second-order valence-electron chi connectivity index (χ2n) is 6.08. The van der Waals surface area contributed by atoms with Gasteiger partial charge in [-0.2, -0.15) is 0 Å². The molecular weight excluding hydrogens is 272 g/mol. The fourth-order valence-corrected chi connectivity index (χ4v) is 3.57. The standard InChI is InChI=1S/C19H20N2O/c22-19(16-8-5-13-20-16)21-17-9-3-1-6-14(17)11-12-15-7-2-4-10-18(15)21/h1-4,6-7,9-10,16,20H,5,8,11-13H2/t16-/m0/s1. The molecule has 0 saturated carbocycles. The number of fused-ring (bicyclic) bond motifs is 2. The van der Waals surface area contributed by atoms with Crippen molar-refractivity contribution in [2.24, 2.45) is 0 Å². The van der Waals surface area contributed by atoms with E-state index in [1.54, 1.807) is 0 Å². The topological polar surface area (TPSA) is 32.3 Å². The molecule has 1 amide bonds. The van der Waals surface area contributed by atoms with E-state index in [0.29, 0.717) is 0 Å². The summed E-state index contributed by atoms with van der Waals surface area (Å²) >= 11 is 0. The van der Waals surface area contributed by atoms with Gasteiger partial charge in [0.15, 0.2) is 0 Å². The van der Waals surface area contributed by atoms with Crippen LogP contribution in [0.15, 0.2) is 48.5 Å². The van der Waals surface area contributed by atoms with Crippen LogP contribution in [0.1, 0.15) is 24.0 Å². The molecule has 0 aliphatic carbocycles. The molecule has 0 spiro atoms. The van der Waals surface area contributed by atoms with E-state index < -0.39 is 0 Å². The molecule has 3 nitrogen and oxygen atoms in total. The predicted octanol–water partition coefficient (Wildman–Crippen LogP) is 3.20. The predicted molar refractivity (Wildman–Crippen MR) is 88.5 cm³/mol. The normalized spacial score (nSPS) is 20.2. The molecule has 0 bridgehead atoms. The number of nitrogens with one attached hydrogen (secondary N) is 1. The lowest BCUT2D eigenvalue weighted by molar-refractivity contribution is -0.119. The van der Waals surface area contributed by atoms with Crippen LogP contribution < -0.4 is 10.2 Å². The van der Waals surface area contributed by atoms with E-state index in [-0.39, 0.29) is 11.9 Å². The highest BCUT2D eigenvalue weighted by molar-refractivity contribution is 6.05. The number of hydrogen-bond acceptors (Lipinski definition) is 2. The molecule has 2 aliphatic heterocycles. The first-order valence-electron chi connectivity index (χ1n) is 8.08. The molecule has 4 rings (SSSR count). The van der Waals surface area contributed by atoms with Crippen molar-refractivity contribution in [2.45, 2.75) is 31.7 Å². The first-order chi connectivity index (χ1) is 10.8. The van der Waals surface area contributed by atoms with E-state index in [9.17, 15) is 4.79 Å². The van der Waals surface area contributed by atoms with E-state index >= 15 is 0 Å². The second kappa shape index (κ2) is 5.58. The van der Waals surface area contributed by atoms with Crippen molar-refractivity contribution in [3.05, 3.63) is 59.7 Å². The lowest BCUT2D eigenvalue weighted by Crippen LogP contribution is -2.41. The number of nitrogens with zero attached hydrogens (tertiary/aromatic N) is 1.